The lowest BCUT2D eigenvalue weighted by Crippen LogP contribution is -2.44. The summed E-state index contributed by atoms with van der Waals surface area (Å²) in [6, 6.07) is 12.1. The van der Waals surface area contributed by atoms with Crippen LogP contribution in [0.4, 0.5) is 10.1 Å². The van der Waals surface area contributed by atoms with Gasteiger partial charge in [0.2, 0.25) is 0 Å². The van der Waals surface area contributed by atoms with E-state index in [-0.39, 0.29) is 17.7 Å². The summed E-state index contributed by atoms with van der Waals surface area (Å²) in [7, 11) is 0. The van der Waals surface area contributed by atoms with Crippen molar-refractivity contribution in [1.82, 2.24) is 0 Å². The molecule has 4 heteroatoms. The van der Waals surface area contributed by atoms with Crippen LogP contribution in [0.1, 0.15) is 19.4 Å². The summed E-state index contributed by atoms with van der Waals surface area (Å²) in [5.41, 5.74) is 2.04. The highest BCUT2D eigenvalue weighted by Gasteiger charge is 2.27. The minimum atomic E-state index is -0.229. The van der Waals surface area contributed by atoms with Crippen LogP contribution in [0, 0.1) is 5.82 Å². The molecule has 0 fully saturated rings. The third-order valence-corrected chi connectivity index (χ3v) is 3.95. The lowest BCUT2D eigenvalue weighted by molar-refractivity contribution is 0.190. The van der Waals surface area contributed by atoms with Crippen molar-refractivity contribution in [3.63, 3.8) is 0 Å². The molecule has 1 aliphatic rings. The van der Waals surface area contributed by atoms with Crippen LogP contribution in [0.5, 0.6) is 11.5 Å². The maximum atomic E-state index is 13.0. The predicted molar refractivity (Wildman–Crippen MR) is 85.1 cm³/mol. The number of phenolic OH excluding ortho intramolecular Hbond substituents is 1. The van der Waals surface area contributed by atoms with E-state index in [1.54, 1.807) is 24.3 Å². The second-order valence-electron chi connectivity index (χ2n) is 5.97. The van der Waals surface area contributed by atoms with Crippen LogP contribution in [-0.2, 0) is 6.42 Å². The van der Waals surface area contributed by atoms with Crippen molar-refractivity contribution in [1.29, 1.82) is 0 Å². The lowest BCUT2D eigenvalue weighted by atomic mass is 10.0. The third kappa shape index (κ3) is 3.01. The van der Waals surface area contributed by atoms with E-state index in [0.29, 0.717) is 18.2 Å². The molecule has 3 rings (SSSR count). The molecule has 0 saturated carbocycles. The number of benzene rings is 2. The van der Waals surface area contributed by atoms with Gasteiger partial charge in [0.15, 0.2) is 0 Å². The van der Waals surface area contributed by atoms with Crippen molar-refractivity contribution in [3.8, 4) is 11.5 Å². The van der Waals surface area contributed by atoms with Gasteiger partial charge in [-0.1, -0.05) is 12.1 Å². The van der Waals surface area contributed by atoms with E-state index >= 15 is 0 Å². The van der Waals surface area contributed by atoms with Crippen LogP contribution in [0.25, 0.3) is 0 Å². The molecule has 0 aromatic heterocycles. The number of hydrogen-bond donors (Lipinski definition) is 1. The molecule has 2 aromatic carbocycles. The Labute approximate surface area is 130 Å². The zero-order valence-electron chi connectivity index (χ0n) is 12.8. The molecule has 0 radical (unpaired) electrons. The van der Waals surface area contributed by atoms with Crippen molar-refractivity contribution in [2.24, 2.45) is 0 Å². The summed E-state index contributed by atoms with van der Waals surface area (Å²) < 4.78 is 19.0. The van der Waals surface area contributed by atoms with Crippen molar-refractivity contribution >= 4 is 5.69 Å². The van der Waals surface area contributed by atoms with E-state index in [1.165, 1.54) is 12.1 Å². The molecule has 0 bridgehead atoms. The number of hydrogen-bond acceptors (Lipinski definition) is 3. The Morgan fingerprint density at radius 1 is 1.23 bits per heavy atom. The molecule has 1 atom stereocenters. The largest absolute Gasteiger partial charge is 0.508 e. The van der Waals surface area contributed by atoms with E-state index in [2.05, 4.69) is 18.7 Å². The van der Waals surface area contributed by atoms with Crippen LogP contribution in [0.3, 0.4) is 0 Å². The van der Waals surface area contributed by atoms with Gasteiger partial charge in [-0.05, 0) is 43.7 Å². The standard InChI is InChI=1S/C18H20FNO2/c1-12(2)20-11-16(9-13-3-5-14(19)6-4-13)22-18-10-15(21)7-8-17(18)20/h3-8,10,12,16,21H,9,11H2,1-2H3. The molecule has 1 N–H and O–H groups in total. The zero-order chi connectivity index (χ0) is 15.7. The number of phenols is 1. The van der Waals surface area contributed by atoms with E-state index in [9.17, 15) is 9.50 Å². The molecule has 0 spiro atoms. The minimum absolute atomic E-state index is 0.0258. The lowest BCUT2D eigenvalue weighted by Gasteiger charge is -2.39. The molecule has 2 aromatic rings. The zero-order valence-corrected chi connectivity index (χ0v) is 12.8. The molecular weight excluding hydrogens is 281 g/mol. The minimum Gasteiger partial charge on any atom is -0.508 e. The van der Waals surface area contributed by atoms with E-state index < -0.39 is 0 Å². The second-order valence-corrected chi connectivity index (χ2v) is 5.97. The fourth-order valence-electron chi connectivity index (χ4n) is 2.85. The second kappa shape index (κ2) is 5.87. The number of nitrogens with zero attached hydrogens (tertiary/aromatic N) is 1. The molecule has 116 valence electrons. The quantitative estimate of drug-likeness (QED) is 0.937. The van der Waals surface area contributed by atoms with Gasteiger partial charge in [0, 0.05) is 18.5 Å². The number of halogens is 1. The molecule has 3 nitrogen and oxygen atoms in total. The van der Waals surface area contributed by atoms with E-state index in [0.717, 1.165) is 17.8 Å². The number of ether oxygens (including phenoxy) is 1. The summed E-state index contributed by atoms with van der Waals surface area (Å²) in [6.07, 6.45) is 0.681. The van der Waals surface area contributed by atoms with Crippen molar-refractivity contribution in [3.05, 3.63) is 53.8 Å². The SMILES string of the molecule is CC(C)N1CC(Cc2ccc(F)cc2)Oc2cc(O)ccc21. The maximum absolute atomic E-state index is 13.0. The topological polar surface area (TPSA) is 32.7 Å². The van der Waals surface area contributed by atoms with Gasteiger partial charge in [0.25, 0.3) is 0 Å². The van der Waals surface area contributed by atoms with Crippen LogP contribution >= 0.6 is 0 Å². The molecule has 1 aliphatic heterocycles. The summed E-state index contributed by atoms with van der Waals surface area (Å²) in [5.74, 6) is 0.671. The number of aromatic hydroxyl groups is 1. The number of fused-ring (bicyclic) bond motifs is 1. The molecular formula is C18H20FNO2. The summed E-state index contributed by atoms with van der Waals surface area (Å²) in [4.78, 5) is 2.27. The first-order chi connectivity index (χ1) is 10.5. The van der Waals surface area contributed by atoms with Gasteiger partial charge in [-0.2, -0.15) is 0 Å². The predicted octanol–water partition coefficient (Wildman–Crippen LogP) is 3.75. The Morgan fingerprint density at radius 3 is 2.64 bits per heavy atom. The van der Waals surface area contributed by atoms with Gasteiger partial charge in [-0.3, -0.25) is 0 Å². The number of rotatable bonds is 3. The van der Waals surface area contributed by atoms with Crippen molar-refractivity contribution < 1.29 is 14.2 Å². The first kappa shape index (κ1) is 14.7. The molecule has 0 aliphatic carbocycles. The highest BCUT2D eigenvalue weighted by atomic mass is 19.1. The maximum Gasteiger partial charge on any atom is 0.146 e. The summed E-state index contributed by atoms with van der Waals surface area (Å²) in [6.45, 7) is 5.04. The molecule has 0 amide bonds. The summed E-state index contributed by atoms with van der Waals surface area (Å²) in [5, 5.41) is 9.68. The fraction of sp³-hybridized carbons (Fsp3) is 0.333. The monoisotopic (exact) mass is 301 g/mol. The van der Waals surface area contributed by atoms with Crippen LogP contribution in [0.2, 0.25) is 0 Å². The van der Waals surface area contributed by atoms with Crippen LogP contribution < -0.4 is 9.64 Å². The van der Waals surface area contributed by atoms with Gasteiger partial charge in [-0.25, -0.2) is 4.39 Å². The van der Waals surface area contributed by atoms with Gasteiger partial charge in [0.1, 0.15) is 23.4 Å². The average Bonchev–Trinajstić information content (AvgIpc) is 2.48. The fourth-order valence-corrected chi connectivity index (χ4v) is 2.85. The van der Waals surface area contributed by atoms with Gasteiger partial charge >= 0.3 is 0 Å². The van der Waals surface area contributed by atoms with Crippen molar-refractivity contribution in [2.75, 3.05) is 11.4 Å². The normalized spacial score (nSPS) is 17.3. The van der Waals surface area contributed by atoms with E-state index in [4.69, 9.17) is 4.74 Å². The Bertz CT molecular complexity index is 655. The first-order valence-corrected chi connectivity index (χ1v) is 7.53. The average molecular weight is 301 g/mol. The molecule has 1 heterocycles. The smallest absolute Gasteiger partial charge is 0.146 e. The van der Waals surface area contributed by atoms with Gasteiger partial charge < -0.3 is 14.7 Å². The Morgan fingerprint density at radius 2 is 1.95 bits per heavy atom. The molecule has 0 saturated heterocycles. The Kier molecular flexibility index (Phi) is 3.92. The first-order valence-electron chi connectivity index (χ1n) is 7.53. The van der Waals surface area contributed by atoms with E-state index in [1.807, 2.05) is 6.07 Å². The highest BCUT2D eigenvalue weighted by molar-refractivity contribution is 5.63. The third-order valence-electron chi connectivity index (χ3n) is 3.95. The number of anilines is 1. The molecule has 1 unspecified atom stereocenters. The highest BCUT2D eigenvalue weighted by Crippen LogP contribution is 2.37. The Balaban J connectivity index is 1.84. The van der Waals surface area contributed by atoms with Gasteiger partial charge in [0.05, 0.1) is 12.2 Å². The summed E-state index contributed by atoms with van der Waals surface area (Å²) >= 11 is 0. The van der Waals surface area contributed by atoms with Crippen LogP contribution in [0.15, 0.2) is 42.5 Å². The van der Waals surface area contributed by atoms with Crippen LogP contribution in [-0.4, -0.2) is 23.8 Å². The Hall–Kier alpha value is -2.23. The van der Waals surface area contributed by atoms with Crippen molar-refractivity contribution in [2.45, 2.75) is 32.4 Å². The molecule has 22 heavy (non-hydrogen) atoms. The van der Waals surface area contributed by atoms with Gasteiger partial charge in [-0.15, -0.1) is 0 Å².